The molecule has 0 bridgehead atoms. The van der Waals surface area contributed by atoms with E-state index >= 15 is 0 Å². The number of fused-ring (bicyclic) bond motifs is 1. The fraction of sp³-hybridized carbons (Fsp3) is 0. The second-order valence-corrected chi connectivity index (χ2v) is 3.33. The molecule has 0 atom stereocenters. The second-order valence-electron chi connectivity index (χ2n) is 2.63. The maximum absolute atomic E-state index is 5.46. The Morgan fingerprint density at radius 3 is 2.42 bits per heavy atom. The quantitative estimate of drug-likeness (QED) is 0.674. The first kappa shape index (κ1) is 7.65. The van der Waals surface area contributed by atoms with Crippen LogP contribution in [0.1, 0.15) is 0 Å². The molecular weight excluding hydrogens is 166 g/mol. The molecule has 2 rings (SSSR count). The van der Waals surface area contributed by atoms with Crippen molar-refractivity contribution >= 4 is 22.7 Å². The number of benzene rings is 2. The van der Waals surface area contributed by atoms with Crippen molar-refractivity contribution in [1.82, 2.24) is 0 Å². The topological polar surface area (TPSA) is 26.0 Å². The zero-order valence-corrected chi connectivity index (χ0v) is 7.34. The minimum absolute atomic E-state index is 1.11. The first-order chi connectivity index (χ1) is 5.90. The number of rotatable bonds is 1. The molecule has 0 saturated heterocycles. The summed E-state index contributed by atoms with van der Waals surface area (Å²) in [5.74, 6) is 0. The Hall–Kier alpha value is -0.990. The number of hydrogen-bond acceptors (Lipinski definition) is 2. The molecule has 0 radical (unpaired) electrons. The zero-order valence-electron chi connectivity index (χ0n) is 6.53. The second kappa shape index (κ2) is 3.17. The van der Waals surface area contributed by atoms with Gasteiger partial charge in [0.2, 0.25) is 0 Å². The molecule has 0 unspecified atom stereocenters. The Morgan fingerprint density at radius 2 is 1.67 bits per heavy atom. The summed E-state index contributed by atoms with van der Waals surface area (Å²) in [6.07, 6.45) is 0. The molecule has 2 aromatic rings. The smallest absolute Gasteiger partial charge is 0.0232 e. The summed E-state index contributed by atoms with van der Waals surface area (Å²) in [6.45, 7) is 0. The van der Waals surface area contributed by atoms with E-state index < -0.39 is 0 Å². The van der Waals surface area contributed by atoms with Crippen LogP contribution in [-0.4, -0.2) is 0 Å². The van der Waals surface area contributed by atoms with Crippen LogP contribution < -0.4 is 5.14 Å². The Kier molecular flexibility index (Phi) is 2.02. The molecule has 1 nitrogen and oxygen atoms in total. The molecule has 0 aliphatic heterocycles. The fourth-order valence-electron chi connectivity index (χ4n) is 1.24. The minimum Gasteiger partial charge on any atom is -0.274 e. The van der Waals surface area contributed by atoms with Gasteiger partial charge in [-0.1, -0.05) is 30.3 Å². The van der Waals surface area contributed by atoms with Gasteiger partial charge in [-0.2, -0.15) is 0 Å². The van der Waals surface area contributed by atoms with Gasteiger partial charge < -0.3 is 0 Å². The van der Waals surface area contributed by atoms with Crippen LogP contribution in [0.2, 0.25) is 0 Å². The zero-order chi connectivity index (χ0) is 8.39. The van der Waals surface area contributed by atoms with E-state index in [0.717, 1.165) is 4.90 Å². The van der Waals surface area contributed by atoms with E-state index in [0.29, 0.717) is 0 Å². The highest BCUT2D eigenvalue weighted by Crippen LogP contribution is 2.19. The Morgan fingerprint density at radius 1 is 0.917 bits per heavy atom. The monoisotopic (exact) mass is 175 g/mol. The van der Waals surface area contributed by atoms with Gasteiger partial charge >= 0.3 is 0 Å². The van der Waals surface area contributed by atoms with Crippen molar-refractivity contribution in [3.05, 3.63) is 42.5 Å². The van der Waals surface area contributed by atoms with Crippen molar-refractivity contribution in [3.8, 4) is 0 Å². The van der Waals surface area contributed by atoms with Crippen molar-refractivity contribution in [2.24, 2.45) is 5.14 Å². The highest BCUT2D eigenvalue weighted by atomic mass is 32.2. The van der Waals surface area contributed by atoms with E-state index in [1.54, 1.807) is 0 Å². The molecule has 0 heterocycles. The molecule has 0 fully saturated rings. The van der Waals surface area contributed by atoms with E-state index in [1.165, 1.54) is 22.7 Å². The van der Waals surface area contributed by atoms with Crippen LogP contribution in [0.4, 0.5) is 0 Å². The summed E-state index contributed by atoms with van der Waals surface area (Å²) >= 11 is 1.28. The van der Waals surface area contributed by atoms with Gasteiger partial charge in [0.15, 0.2) is 0 Å². The molecule has 0 aromatic heterocycles. The van der Waals surface area contributed by atoms with Gasteiger partial charge in [0, 0.05) is 4.90 Å². The molecule has 2 heteroatoms. The highest BCUT2D eigenvalue weighted by Gasteiger charge is 1.93. The summed E-state index contributed by atoms with van der Waals surface area (Å²) in [6, 6.07) is 14.5. The summed E-state index contributed by atoms with van der Waals surface area (Å²) in [5.41, 5.74) is 0. The molecule has 0 amide bonds. The third kappa shape index (κ3) is 1.31. The normalized spacial score (nSPS) is 10.4. The minimum atomic E-state index is 1.11. The van der Waals surface area contributed by atoms with E-state index in [9.17, 15) is 0 Å². The van der Waals surface area contributed by atoms with Crippen molar-refractivity contribution in [3.63, 3.8) is 0 Å². The average molecular weight is 175 g/mol. The van der Waals surface area contributed by atoms with Crippen molar-refractivity contribution < 1.29 is 0 Å². The largest absolute Gasteiger partial charge is 0.274 e. The first-order valence-electron chi connectivity index (χ1n) is 3.76. The van der Waals surface area contributed by atoms with Gasteiger partial charge in [-0.25, -0.2) is 0 Å². The maximum atomic E-state index is 5.46. The predicted molar refractivity (Wildman–Crippen MR) is 54.0 cm³/mol. The fourth-order valence-corrected chi connectivity index (χ4v) is 1.58. The Bertz CT molecular complexity index is 398. The van der Waals surface area contributed by atoms with Crippen LogP contribution >= 0.6 is 11.9 Å². The van der Waals surface area contributed by atoms with Gasteiger partial charge in [0.25, 0.3) is 0 Å². The lowest BCUT2D eigenvalue weighted by atomic mass is 10.1. The van der Waals surface area contributed by atoms with Gasteiger partial charge in [-0.3, -0.25) is 5.14 Å². The summed E-state index contributed by atoms with van der Waals surface area (Å²) in [5, 5.41) is 7.96. The summed E-state index contributed by atoms with van der Waals surface area (Å²) < 4.78 is 0. The third-order valence-electron chi connectivity index (χ3n) is 1.86. The van der Waals surface area contributed by atoms with Crippen molar-refractivity contribution in [2.45, 2.75) is 4.90 Å². The van der Waals surface area contributed by atoms with Gasteiger partial charge in [0.05, 0.1) is 0 Å². The van der Waals surface area contributed by atoms with Gasteiger partial charge in [-0.15, -0.1) is 0 Å². The molecule has 2 N–H and O–H groups in total. The molecule has 0 spiro atoms. The average Bonchev–Trinajstić information content (AvgIpc) is 2.17. The third-order valence-corrected chi connectivity index (χ3v) is 2.38. The maximum Gasteiger partial charge on any atom is 0.0232 e. The molecule has 60 valence electrons. The number of nitrogens with two attached hydrogens (primary N) is 1. The lowest BCUT2D eigenvalue weighted by molar-refractivity contribution is 1.50. The summed E-state index contributed by atoms with van der Waals surface area (Å²) in [4.78, 5) is 1.11. The van der Waals surface area contributed by atoms with Crippen molar-refractivity contribution in [1.29, 1.82) is 0 Å². The van der Waals surface area contributed by atoms with E-state index in [4.69, 9.17) is 5.14 Å². The van der Waals surface area contributed by atoms with Crippen LogP contribution in [0.15, 0.2) is 47.4 Å². The molecule has 12 heavy (non-hydrogen) atoms. The predicted octanol–water partition coefficient (Wildman–Crippen LogP) is 2.81. The standard InChI is InChI=1S/C10H9NS/c11-12-10-6-5-8-3-1-2-4-9(8)7-10/h1-7H,11H2. The van der Waals surface area contributed by atoms with E-state index in [-0.39, 0.29) is 0 Å². The summed E-state index contributed by atoms with van der Waals surface area (Å²) in [7, 11) is 0. The van der Waals surface area contributed by atoms with Crippen molar-refractivity contribution in [2.75, 3.05) is 0 Å². The van der Waals surface area contributed by atoms with Crippen LogP contribution in [0.3, 0.4) is 0 Å². The van der Waals surface area contributed by atoms with Crippen LogP contribution in [0.5, 0.6) is 0 Å². The van der Waals surface area contributed by atoms with Gasteiger partial charge in [-0.05, 0) is 34.9 Å². The molecular formula is C10H9NS. The lowest BCUT2D eigenvalue weighted by Crippen LogP contribution is -1.79. The number of hydrogen-bond donors (Lipinski definition) is 1. The molecule has 0 saturated carbocycles. The van der Waals surface area contributed by atoms with Crippen LogP contribution in [-0.2, 0) is 0 Å². The molecule has 0 aliphatic carbocycles. The van der Waals surface area contributed by atoms with E-state index in [2.05, 4.69) is 24.3 Å². The van der Waals surface area contributed by atoms with Crippen LogP contribution in [0, 0.1) is 0 Å². The lowest BCUT2D eigenvalue weighted by Gasteiger charge is -1.98. The SMILES string of the molecule is NSc1ccc2ccccc2c1. The first-order valence-corrected chi connectivity index (χ1v) is 4.63. The molecule has 0 aliphatic rings. The van der Waals surface area contributed by atoms with Gasteiger partial charge in [0.1, 0.15) is 0 Å². The Balaban J connectivity index is 2.67. The Labute approximate surface area is 75.7 Å². The molecule has 2 aromatic carbocycles. The highest BCUT2D eigenvalue weighted by molar-refractivity contribution is 7.97. The van der Waals surface area contributed by atoms with Crippen LogP contribution in [0.25, 0.3) is 10.8 Å². The van der Waals surface area contributed by atoms with E-state index in [1.807, 2.05) is 18.2 Å².